The van der Waals surface area contributed by atoms with E-state index >= 15 is 0 Å². The number of carbonyl (C=O) groups excluding carboxylic acids is 1. The molecule has 0 saturated heterocycles. The van der Waals surface area contributed by atoms with Gasteiger partial charge in [-0.05, 0) is 31.7 Å². The lowest BCUT2D eigenvalue weighted by atomic mass is 10.0. The average molecular weight is 241 g/mol. The molecule has 1 aromatic rings. The van der Waals surface area contributed by atoms with E-state index in [-0.39, 0.29) is 21.9 Å². The zero-order valence-electron chi connectivity index (χ0n) is 9.53. The van der Waals surface area contributed by atoms with Crippen molar-refractivity contribution >= 4 is 23.2 Å². The molecule has 0 atom stereocenters. The smallest absolute Gasteiger partial charge is 0.337 e. The number of carboxylic acids is 1. The number of hydrogen-bond donors (Lipinski definition) is 2. The van der Waals surface area contributed by atoms with Crippen LogP contribution in [0.2, 0.25) is 0 Å². The molecule has 1 amide bonds. The lowest BCUT2D eigenvalue weighted by molar-refractivity contribution is 0.0690. The fraction of sp³-hybridized carbons (Fsp3) is 0.455. The third-order valence-electron chi connectivity index (χ3n) is 2.44. The number of carbonyl (C=O) groups is 2. The predicted molar refractivity (Wildman–Crippen MR) is 63.1 cm³/mol. The molecule has 0 aromatic carbocycles. The van der Waals surface area contributed by atoms with Crippen molar-refractivity contribution < 1.29 is 14.7 Å². The summed E-state index contributed by atoms with van der Waals surface area (Å²) in [4.78, 5) is 22.9. The molecule has 1 rings (SSSR count). The highest BCUT2D eigenvalue weighted by atomic mass is 32.1. The first kappa shape index (κ1) is 12.7. The van der Waals surface area contributed by atoms with Crippen LogP contribution in [0.3, 0.4) is 0 Å². The second kappa shape index (κ2) is 4.65. The van der Waals surface area contributed by atoms with Crippen LogP contribution in [0.4, 0.5) is 0 Å². The van der Waals surface area contributed by atoms with Crippen LogP contribution in [0.25, 0.3) is 0 Å². The number of nitrogens with one attached hydrogen (secondary N) is 1. The van der Waals surface area contributed by atoms with E-state index in [0.29, 0.717) is 0 Å². The molecule has 0 fully saturated rings. The summed E-state index contributed by atoms with van der Waals surface area (Å²) in [5, 5.41) is 13.3. The Hall–Kier alpha value is -1.36. The fourth-order valence-corrected chi connectivity index (χ4v) is 1.89. The topological polar surface area (TPSA) is 66.4 Å². The van der Waals surface area contributed by atoms with Crippen molar-refractivity contribution in [3.05, 3.63) is 21.9 Å². The van der Waals surface area contributed by atoms with Gasteiger partial charge in [0.05, 0.1) is 5.56 Å². The first-order chi connectivity index (χ1) is 7.37. The number of carboxylic acid groups (broad SMARTS) is 1. The quantitative estimate of drug-likeness (QED) is 0.850. The van der Waals surface area contributed by atoms with Crippen LogP contribution in [0.15, 0.2) is 11.4 Å². The molecule has 0 bridgehead atoms. The molecule has 0 unspecified atom stereocenters. The van der Waals surface area contributed by atoms with E-state index in [0.717, 1.165) is 17.8 Å². The van der Waals surface area contributed by atoms with Gasteiger partial charge in [-0.3, -0.25) is 4.79 Å². The van der Waals surface area contributed by atoms with Crippen LogP contribution in [0.5, 0.6) is 0 Å². The van der Waals surface area contributed by atoms with Gasteiger partial charge in [0.2, 0.25) is 0 Å². The first-order valence-corrected chi connectivity index (χ1v) is 5.88. The lowest BCUT2D eigenvalue weighted by Crippen LogP contribution is -2.42. The van der Waals surface area contributed by atoms with Crippen molar-refractivity contribution in [3.63, 3.8) is 0 Å². The van der Waals surface area contributed by atoms with E-state index in [1.165, 1.54) is 6.07 Å². The Labute approximate surface area is 98.3 Å². The summed E-state index contributed by atoms with van der Waals surface area (Å²) in [6.45, 7) is 5.77. The molecule has 0 aliphatic rings. The fourth-order valence-electron chi connectivity index (χ4n) is 1.11. The summed E-state index contributed by atoms with van der Waals surface area (Å²) in [7, 11) is 0. The summed E-state index contributed by atoms with van der Waals surface area (Å²) in [6, 6.07) is 1.45. The van der Waals surface area contributed by atoms with Gasteiger partial charge in [-0.1, -0.05) is 6.92 Å². The Balaban J connectivity index is 2.89. The zero-order valence-corrected chi connectivity index (χ0v) is 10.4. The molecule has 0 radical (unpaired) electrons. The number of hydrogen-bond acceptors (Lipinski definition) is 3. The molecular weight excluding hydrogens is 226 g/mol. The minimum atomic E-state index is -1.07. The van der Waals surface area contributed by atoms with Gasteiger partial charge in [-0.2, -0.15) is 0 Å². The molecular formula is C11H15NO3S. The second-order valence-electron chi connectivity index (χ2n) is 4.16. The molecule has 16 heavy (non-hydrogen) atoms. The molecule has 0 saturated carbocycles. The van der Waals surface area contributed by atoms with Gasteiger partial charge in [0.25, 0.3) is 5.91 Å². The monoisotopic (exact) mass is 241 g/mol. The largest absolute Gasteiger partial charge is 0.478 e. The molecule has 0 aliphatic carbocycles. The van der Waals surface area contributed by atoms with Crippen LogP contribution in [-0.4, -0.2) is 22.5 Å². The molecule has 0 aliphatic heterocycles. The predicted octanol–water partition coefficient (Wildman–Crippen LogP) is 2.36. The summed E-state index contributed by atoms with van der Waals surface area (Å²) >= 11 is 1.14. The summed E-state index contributed by atoms with van der Waals surface area (Å²) in [5.41, 5.74) is -0.258. The molecule has 1 heterocycles. The van der Waals surface area contributed by atoms with E-state index in [9.17, 15) is 9.59 Å². The Kier molecular flexibility index (Phi) is 3.70. The van der Waals surface area contributed by atoms with Crippen molar-refractivity contribution in [3.8, 4) is 0 Å². The van der Waals surface area contributed by atoms with E-state index in [2.05, 4.69) is 5.32 Å². The molecule has 88 valence electrons. The minimum absolute atomic E-state index is 0.0643. The van der Waals surface area contributed by atoms with Gasteiger partial charge in [0.15, 0.2) is 0 Å². The van der Waals surface area contributed by atoms with Crippen molar-refractivity contribution in [2.24, 2.45) is 0 Å². The maximum atomic E-state index is 11.8. The second-order valence-corrected chi connectivity index (χ2v) is 5.08. The van der Waals surface area contributed by atoms with Crippen molar-refractivity contribution in [2.75, 3.05) is 0 Å². The van der Waals surface area contributed by atoms with Crippen LogP contribution < -0.4 is 5.32 Å². The first-order valence-electron chi connectivity index (χ1n) is 5.00. The summed E-state index contributed by atoms with van der Waals surface area (Å²) in [6.07, 6.45) is 0.784. The Bertz CT molecular complexity index is 409. The van der Waals surface area contributed by atoms with Crippen LogP contribution in [0.1, 0.15) is 47.2 Å². The Morgan fingerprint density at radius 1 is 1.50 bits per heavy atom. The van der Waals surface area contributed by atoms with Gasteiger partial charge in [-0.15, -0.1) is 11.3 Å². The van der Waals surface area contributed by atoms with Gasteiger partial charge in [0.1, 0.15) is 4.88 Å². The third kappa shape index (κ3) is 2.82. The standard InChI is InChI=1S/C11H15NO3S/c1-4-11(2,3)12-9(13)8-7(10(14)15)5-6-16-8/h5-6H,4H2,1-3H3,(H,12,13)(H,14,15). The van der Waals surface area contributed by atoms with Crippen LogP contribution in [-0.2, 0) is 0 Å². The SMILES string of the molecule is CCC(C)(C)NC(=O)c1sccc1C(=O)O. The lowest BCUT2D eigenvalue weighted by Gasteiger charge is -2.24. The summed E-state index contributed by atoms with van der Waals surface area (Å²) in [5.74, 6) is -1.39. The Morgan fingerprint density at radius 3 is 2.62 bits per heavy atom. The number of thiophene rings is 1. The average Bonchev–Trinajstić information content (AvgIpc) is 2.65. The minimum Gasteiger partial charge on any atom is -0.478 e. The highest BCUT2D eigenvalue weighted by molar-refractivity contribution is 7.12. The van der Waals surface area contributed by atoms with Crippen molar-refractivity contribution in [1.29, 1.82) is 0 Å². The molecule has 0 spiro atoms. The van der Waals surface area contributed by atoms with E-state index in [1.54, 1.807) is 5.38 Å². The molecule has 1 aromatic heterocycles. The zero-order chi connectivity index (χ0) is 12.3. The van der Waals surface area contributed by atoms with E-state index < -0.39 is 5.97 Å². The van der Waals surface area contributed by atoms with Crippen molar-refractivity contribution in [2.45, 2.75) is 32.7 Å². The van der Waals surface area contributed by atoms with Gasteiger partial charge >= 0.3 is 5.97 Å². The van der Waals surface area contributed by atoms with Crippen LogP contribution in [0, 0.1) is 0 Å². The normalized spacial score (nSPS) is 11.2. The van der Waals surface area contributed by atoms with Crippen LogP contribution >= 0.6 is 11.3 Å². The number of rotatable bonds is 4. The van der Waals surface area contributed by atoms with E-state index in [1.807, 2.05) is 20.8 Å². The maximum Gasteiger partial charge on any atom is 0.337 e. The number of amides is 1. The highest BCUT2D eigenvalue weighted by Crippen LogP contribution is 2.18. The van der Waals surface area contributed by atoms with Gasteiger partial charge in [0, 0.05) is 5.54 Å². The highest BCUT2D eigenvalue weighted by Gasteiger charge is 2.23. The third-order valence-corrected chi connectivity index (χ3v) is 3.35. The molecule has 2 N–H and O–H groups in total. The molecule has 4 nitrogen and oxygen atoms in total. The van der Waals surface area contributed by atoms with E-state index in [4.69, 9.17) is 5.11 Å². The molecule has 5 heteroatoms. The van der Waals surface area contributed by atoms with Gasteiger partial charge < -0.3 is 10.4 Å². The Morgan fingerprint density at radius 2 is 2.12 bits per heavy atom. The maximum absolute atomic E-state index is 11.8. The number of aromatic carboxylic acids is 1. The van der Waals surface area contributed by atoms with Gasteiger partial charge in [-0.25, -0.2) is 4.79 Å². The van der Waals surface area contributed by atoms with Crippen molar-refractivity contribution in [1.82, 2.24) is 5.32 Å². The summed E-state index contributed by atoms with van der Waals surface area (Å²) < 4.78 is 0.